The van der Waals surface area contributed by atoms with Crippen LogP contribution in [-0.2, 0) is 13.0 Å². The molecule has 2 heterocycles. The first-order valence-electron chi connectivity index (χ1n) is 11.0. The molecule has 4 aromatic rings. The number of fused-ring (bicyclic) bond motifs is 1. The number of tetrazole rings is 1. The molecule has 0 saturated heterocycles. The zero-order valence-electron chi connectivity index (χ0n) is 18.0. The molecular weight excluding hydrogens is 400 g/mol. The Bertz CT molecular complexity index is 1270. The molecule has 1 aliphatic carbocycles. The summed E-state index contributed by atoms with van der Waals surface area (Å²) < 4.78 is 2.07. The van der Waals surface area contributed by atoms with Gasteiger partial charge in [-0.3, -0.25) is 4.79 Å². The maximum absolute atomic E-state index is 12.7. The fourth-order valence-corrected chi connectivity index (χ4v) is 4.23. The SMILES string of the molecule is CC/C=C/c1nc2c(n1Cc1ccc(-c3ccccc3-c3nn[nH]n3)cc1)C(=O)CCC2. The minimum atomic E-state index is 0.195. The average Bonchev–Trinajstić information content (AvgIpc) is 3.47. The zero-order chi connectivity index (χ0) is 21.9. The van der Waals surface area contributed by atoms with Gasteiger partial charge in [0.1, 0.15) is 11.5 Å². The monoisotopic (exact) mass is 424 g/mol. The minimum absolute atomic E-state index is 0.195. The maximum Gasteiger partial charge on any atom is 0.205 e. The number of ketones is 1. The first-order valence-corrected chi connectivity index (χ1v) is 11.0. The Morgan fingerprint density at radius 3 is 2.62 bits per heavy atom. The molecule has 0 saturated carbocycles. The van der Waals surface area contributed by atoms with Gasteiger partial charge in [0.05, 0.1) is 5.69 Å². The van der Waals surface area contributed by atoms with E-state index in [-0.39, 0.29) is 5.78 Å². The van der Waals surface area contributed by atoms with Crippen LogP contribution >= 0.6 is 0 Å². The molecule has 0 radical (unpaired) electrons. The van der Waals surface area contributed by atoms with E-state index in [1.165, 1.54) is 0 Å². The Morgan fingerprint density at radius 2 is 1.88 bits per heavy atom. The average molecular weight is 425 g/mol. The van der Waals surface area contributed by atoms with E-state index in [9.17, 15) is 4.79 Å². The molecule has 5 rings (SSSR count). The highest BCUT2D eigenvalue weighted by Crippen LogP contribution is 2.30. The number of hydrogen-bond donors (Lipinski definition) is 1. The van der Waals surface area contributed by atoms with Crippen molar-refractivity contribution in [3.63, 3.8) is 0 Å². The van der Waals surface area contributed by atoms with Gasteiger partial charge in [0.25, 0.3) is 0 Å². The summed E-state index contributed by atoms with van der Waals surface area (Å²) in [5, 5.41) is 14.5. The summed E-state index contributed by atoms with van der Waals surface area (Å²) in [5.74, 6) is 1.62. The lowest BCUT2D eigenvalue weighted by Crippen LogP contribution is -2.16. The molecule has 0 aliphatic heterocycles. The van der Waals surface area contributed by atoms with Crippen molar-refractivity contribution in [2.45, 2.75) is 39.2 Å². The summed E-state index contributed by atoms with van der Waals surface area (Å²) in [5.41, 5.74) is 5.87. The van der Waals surface area contributed by atoms with Crippen molar-refractivity contribution in [2.24, 2.45) is 0 Å². The van der Waals surface area contributed by atoms with Crippen molar-refractivity contribution in [1.82, 2.24) is 30.2 Å². The zero-order valence-corrected chi connectivity index (χ0v) is 18.0. The van der Waals surface area contributed by atoms with Gasteiger partial charge in [-0.25, -0.2) is 4.98 Å². The third-order valence-corrected chi connectivity index (χ3v) is 5.77. The predicted octanol–water partition coefficient (Wildman–Crippen LogP) is 4.72. The Labute approximate surface area is 186 Å². The molecule has 2 aromatic heterocycles. The van der Waals surface area contributed by atoms with Gasteiger partial charge in [0.2, 0.25) is 5.82 Å². The fourth-order valence-electron chi connectivity index (χ4n) is 4.23. The minimum Gasteiger partial charge on any atom is -0.317 e. The highest BCUT2D eigenvalue weighted by Gasteiger charge is 2.25. The van der Waals surface area contributed by atoms with Crippen LogP contribution in [0.25, 0.3) is 28.6 Å². The lowest BCUT2D eigenvalue weighted by molar-refractivity contribution is 0.0963. The van der Waals surface area contributed by atoms with E-state index < -0.39 is 0 Å². The standard InChI is InChI=1S/C25H24N6O/c1-2-3-11-23-26-21-9-6-10-22(32)24(21)31(23)16-17-12-14-18(15-13-17)19-7-4-5-8-20(19)25-27-29-30-28-25/h3-5,7-8,11-15H,2,6,9-10,16H2,1H3,(H,27,28,29,30)/b11-3+. The second-order valence-electron chi connectivity index (χ2n) is 7.92. The molecule has 32 heavy (non-hydrogen) atoms. The highest BCUT2D eigenvalue weighted by atomic mass is 16.1. The molecule has 160 valence electrons. The summed E-state index contributed by atoms with van der Waals surface area (Å²) in [6.45, 7) is 2.71. The van der Waals surface area contributed by atoms with Crippen LogP contribution in [0.2, 0.25) is 0 Å². The summed E-state index contributed by atoms with van der Waals surface area (Å²) in [7, 11) is 0. The van der Waals surface area contributed by atoms with E-state index >= 15 is 0 Å². The number of benzene rings is 2. The fraction of sp³-hybridized carbons (Fsp3) is 0.240. The van der Waals surface area contributed by atoms with Crippen molar-refractivity contribution < 1.29 is 4.79 Å². The smallest absolute Gasteiger partial charge is 0.205 e. The molecule has 0 fully saturated rings. The van der Waals surface area contributed by atoms with E-state index in [4.69, 9.17) is 4.98 Å². The summed E-state index contributed by atoms with van der Waals surface area (Å²) in [6, 6.07) is 16.4. The van der Waals surface area contributed by atoms with Gasteiger partial charge in [-0.2, -0.15) is 5.21 Å². The van der Waals surface area contributed by atoms with Gasteiger partial charge in [-0.15, -0.1) is 10.2 Å². The molecule has 0 atom stereocenters. The van der Waals surface area contributed by atoms with Crippen molar-refractivity contribution in [2.75, 3.05) is 0 Å². The van der Waals surface area contributed by atoms with Crippen LogP contribution < -0.4 is 0 Å². The molecule has 0 amide bonds. The first kappa shape index (κ1) is 20.1. The number of nitrogens with zero attached hydrogens (tertiary/aromatic N) is 5. The van der Waals surface area contributed by atoms with E-state index in [1.54, 1.807) is 0 Å². The molecule has 7 nitrogen and oxygen atoms in total. The van der Waals surface area contributed by atoms with Crippen LogP contribution in [-0.4, -0.2) is 36.0 Å². The number of carbonyl (C=O) groups excluding carboxylic acids is 1. The quantitative estimate of drug-likeness (QED) is 0.484. The molecule has 1 N–H and O–H groups in total. The largest absolute Gasteiger partial charge is 0.317 e. The Balaban J connectivity index is 1.48. The molecule has 0 bridgehead atoms. The van der Waals surface area contributed by atoms with Crippen molar-refractivity contribution >= 4 is 11.9 Å². The maximum atomic E-state index is 12.7. The van der Waals surface area contributed by atoms with Crippen molar-refractivity contribution in [1.29, 1.82) is 0 Å². The second kappa shape index (κ2) is 8.70. The van der Waals surface area contributed by atoms with Gasteiger partial charge in [-0.05, 0) is 47.2 Å². The molecule has 1 aliphatic rings. The van der Waals surface area contributed by atoms with E-state index in [0.717, 1.165) is 58.7 Å². The molecule has 7 heteroatoms. The molecule has 0 unspecified atom stereocenters. The van der Waals surface area contributed by atoms with Crippen molar-refractivity contribution in [3.8, 4) is 22.5 Å². The predicted molar refractivity (Wildman–Crippen MR) is 123 cm³/mol. The lowest BCUT2D eigenvalue weighted by Gasteiger charge is -2.14. The lowest BCUT2D eigenvalue weighted by atomic mass is 9.98. The summed E-state index contributed by atoms with van der Waals surface area (Å²) in [4.78, 5) is 17.4. The molecule has 0 spiro atoms. The summed E-state index contributed by atoms with van der Waals surface area (Å²) in [6.07, 6.45) is 7.40. The number of hydrogen-bond acceptors (Lipinski definition) is 5. The van der Waals surface area contributed by atoms with Gasteiger partial charge in [0, 0.05) is 18.5 Å². The molecule has 2 aromatic carbocycles. The van der Waals surface area contributed by atoms with Gasteiger partial charge in [-0.1, -0.05) is 61.5 Å². The van der Waals surface area contributed by atoms with Crippen molar-refractivity contribution in [3.05, 3.63) is 77.4 Å². The number of allylic oxidation sites excluding steroid dienone is 1. The Morgan fingerprint density at radius 1 is 1.06 bits per heavy atom. The number of H-pyrrole nitrogens is 1. The highest BCUT2D eigenvalue weighted by molar-refractivity contribution is 5.97. The number of nitrogens with one attached hydrogen (secondary N) is 1. The molecular formula is C25H24N6O. The number of Topliss-reactive ketones (excluding diaryl/α,β-unsaturated/α-hetero) is 1. The normalized spacial score (nSPS) is 13.6. The Kier molecular flexibility index (Phi) is 5.46. The van der Waals surface area contributed by atoms with E-state index in [0.29, 0.717) is 18.8 Å². The van der Waals surface area contributed by atoms with Crippen LogP contribution in [0.4, 0.5) is 0 Å². The number of aryl methyl sites for hydroxylation is 1. The topological polar surface area (TPSA) is 89.3 Å². The van der Waals surface area contributed by atoms with E-state index in [1.807, 2.05) is 24.3 Å². The van der Waals surface area contributed by atoms with Crippen LogP contribution in [0.15, 0.2) is 54.6 Å². The van der Waals surface area contributed by atoms with E-state index in [2.05, 4.69) is 68.5 Å². The number of carbonyl (C=O) groups is 1. The number of aromatic amines is 1. The van der Waals surface area contributed by atoms with Crippen LogP contribution in [0.3, 0.4) is 0 Å². The third-order valence-electron chi connectivity index (χ3n) is 5.77. The van der Waals surface area contributed by atoms with Gasteiger partial charge in [0.15, 0.2) is 5.78 Å². The first-order chi connectivity index (χ1) is 15.7. The number of aromatic nitrogens is 6. The third kappa shape index (κ3) is 3.77. The van der Waals surface area contributed by atoms with Gasteiger partial charge < -0.3 is 4.57 Å². The van der Waals surface area contributed by atoms with Gasteiger partial charge >= 0.3 is 0 Å². The van der Waals surface area contributed by atoms with Crippen LogP contribution in [0.5, 0.6) is 0 Å². The number of rotatable bonds is 6. The van der Waals surface area contributed by atoms with Crippen LogP contribution in [0.1, 0.15) is 53.8 Å². The summed E-state index contributed by atoms with van der Waals surface area (Å²) >= 11 is 0. The number of imidazole rings is 1. The second-order valence-corrected chi connectivity index (χ2v) is 7.92. The van der Waals surface area contributed by atoms with Crippen LogP contribution in [0, 0.1) is 0 Å². The Hall–Kier alpha value is -3.87.